The summed E-state index contributed by atoms with van der Waals surface area (Å²) in [4.78, 5) is 12.5. The lowest BCUT2D eigenvalue weighted by Crippen LogP contribution is -2.51. The highest BCUT2D eigenvalue weighted by Crippen LogP contribution is 2.30. The largest absolute Gasteiger partial charge is 0.353 e. The molecular formula is C16H30N2O. The van der Waals surface area contributed by atoms with Crippen molar-refractivity contribution in [3.8, 4) is 0 Å². The standard InChI is InChI=1S/C16H30N2O/c1-11(2)13-7-4-5-9-15(13)18-16(19)14-8-6-10-17-12(14)3/h11-15,17H,4-10H2,1-3H3,(H,18,19). The minimum atomic E-state index is 0.170. The lowest BCUT2D eigenvalue weighted by atomic mass is 9.77. The monoisotopic (exact) mass is 266 g/mol. The molecule has 2 fully saturated rings. The molecule has 1 aliphatic carbocycles. The minimum Gasteiger partial charge on any atom is -0.353 e. The number of carbonyl (C=O) groups is 1. The van der Waals surface area contributed by atoms with E-state index in [1.807, 2.05) is 0 Å². The summed E-state index contributed by atoms with van der Waals surface area (Å²) in [6, 6.07) is 0.741. The molecule has 2 rings (SSSR count). The molecule has 4 unspecified atom stereocenters. The Morgan fingerprint density at radius 3 is 2.58 bits per heavy atom. The summed E-state index contributed by atoms with van der Waals surface area (Å²) in [5, 5.41) is 6.79. The Kier molecular flexibility index (Phi) is 5.26. The van der Waals surface area contributed by atoms with Crippen molar-refractivity contribution < 1.29 is 4.79 Å². The van der Waals surface area contributed by atoms with Crippen LogP contribution in [0.2, 0.25) is 0 Å². The number of nitrogens with one attached hydrogen (secondary N) is 2. The Morgan fingerprint density at radius 2 is 1.89 bits per heavy atom. The van der Waals surface area contributed by atoms with Gasteiger partial charge in [0.2, 0.25) is 5.91 Å². The van der Waals surface area contributed by atoms with Gasteiger partial charge >= 0.3 is 0 Å². The fraction of sp³-hybridized carbons (Fsp3) is 0.938. The van der Waals surface area contributed by atoms with Crippen LogP contribution in [0.1, 0.15) is 59.3 Å². The Hall–Kier alpha value is -0.570. The van der Waals surface area contributed by atoms with Crippen molar-refractivity contribution in [1.29, 1.82) is 0 Å². The molecule has 0 aromatic rings. The van der Waals surface area contributed by atoms with E-state index in [1.54, 1.807) is 0 Å². The first-order valence-electron chi connectivity index (χ1n) is 8.13. The maximum Gasteiger partial charge on any atom is 0.224 e. The number of hydrogen-bond acceptors (Lipinski definition) is 2. The molecule has 1 saturated carbocycles. The van der Waals surface area contributed by atoms with Crippen molar-refractivity contribution in [2.45, 2.75) is 71.4 Å². The van der Waals surface area contributed by atoms with Gasteiger partial charge in [-0.25, -0.2) is 0 Å². The summed E-state index contributed by atoms with van der Waals surface area (Å²) in [7, 11) is 0. The third-order valence-electron chi connectivity index (χ3n) is 5.10. The van der Waals surface area contributed by atoms with Crippen LogP contribution in [-0.4, -0.2) is 24.5 Å². The molecule has 19 heavy (non-hydrogen) atoms. The Bertz CT molecular complexity index is 303. The van der Waals surface area contributed by atoms with Crippen molar-refractivity contribution in [2.24, 2.45) is 17.8 Å². The predicted molar refractivity (Wildman–Crippen MR) is 78.9 cm³/mol. The normalized spacial score (nSPS) is 36.2. The summed E-state index contributed by atoms with van der Waals surface area (Å²) >= 11 is 0. The van der Waals surface area contributed by atoms with Crippen LogP contribution < -0.4 is 10.6 Å². The number of amides is 1. The van der Waals surface area contributed by atoms with Crippen molar-refractivity contribution in [3.63, 3.8) is 0 Å². The van der Waals surface area contributed by atoms with Crippen LogP contribution in [0.15, 0.2) is 0 Å². The molecular weight excluding hydrogens is 236 g/mol. The molecule has 1 saturated heterocycles. The quantitative estimate of drug-likeness (QED) is 0.824. The van der Waals surface area contributed by atoms with E-state index in [0.717, 1.165) is 19.4 Å². The first kappa shape index (κ1) is 14.8. The molecule has 1 amide bonds. The second kappa shape index (κ2) is 6.74. The van der Waals surface area contributed by atoms with Gasteiger partial charge in [0.1, 0.15) is 0 Å². The molecule has 4 atom stereocenters. The lowest BCUT2D eigenvalue weighted by molar-refractivity contribution is -0.128. The Labute approximate surface area is 117 Å². The van der Waals surface area contributed by atoms with Gasteiger partial charge in [-0.05, 0) is 51.0 Å². The third kappa shape index (κ3) is 3.71. The fourth-order valence-electron chi connectivity index (χ4n) is 3.83. The van der Waals surface area contributed by atoms with Gasteiger partial charge in [-0.2, -0.15) is 0 Å². The Balaban J connectivity index is 1.92. The van der Waals surface area contributed by atoms with Crippen LogP contribution in [0.25, 0.3) is 0 Å². The predicted octanol–water partition coefficient (Wildman–Crippen LogP) is 2.71. The maximum absolute atomic E-state index is 12.5. The van der Waals surface area contributed by atoms with Crippen LogP contribution in [0, 0.1) is 17.8 Å². The first-order valence-corrected chi connectivity index (χ1v) is 8.13. The summed E-state index contributed by atoms with van der Waals surface area (Å²) in [6.45, 7) is 7.78. The van der Waals surface area contributed by atoms with E-state index < -0.39 is 0 Å². The number of carbonyl (C=O) groups excluding carboxylic acids is 1. The van der Waals surface area contributed by atoms with Crippen LogP contribution in [0.5, 0.6) is 0 Å². The highest BCUT2D eigenvalue weighted by Gasteiger charge is 2.33. The summed E-state index contributed by atoms with van der Waals surface area (Å²) < 4.78 is 0. The molecule has 3 heteroatoms. The molecule has 3 nitrogen and oxygen atoms in total. The molecule has 0 bridgehead atoms. The van der Waals surface area contributed by atoms with Crippen LogP contribution >= 0.6 is 0 Å². The third-order valence-corrected chi connectivity index (χ3v) is 5.10. The average Bonchev–Trinajstić information content (AvgIpc) is 2.39. The van der Waals surface area contributed by atoms with Gasteiger partial charge in [-0.15, -0.1) is 0 Å². The SMILES string of the molecule is CC(C)C1CCCCC1NC(=O)C1CCCNC1C. The lowest BCUT2D eigenvalue weighted by Gasteiger charge is -2.37. The molecule has 2 N–H and O–H groups in total. The van der Waals surface area contributed by atoms with E-state index in [2.05, 4.69) is 31.4 Å². The van der Waals surface area contributed by atoms with Gasteiger partial charge in [0, 0.05) is 12.1 Å². The Morgan fingerprint density at radius 1 is 1.16 bits per heavy atom. The zero-order chi connectivity index (χ0) is 13.8. The number of piperidine rings is 1. The number of rotatable bonds is 3. The molecule has 0 aromatic heterocycles. The molecule has 110 valence electrons. The van der Waals surface area contributed by atoms with Gasteiger partial charge in [-0.3, -0.25) is 4.79 Å². The van der Waals surface area contributed by atoms with Crippen molar-refractivity contribution in [2.75, 3.05) is 6.54 Å². The van der Waals surface area contributed by atoms with E-state index in [-0.39, 0.29) is 11.8 Å². The highest BCUT2D eigenvalue weighted by atomic mass is 16.2. The highest BCUT2D eigenvalue weighted by molar-refractivity contribution is 5.79. The van der Waals surface area contributed by atoms with Gasteiger partial charge < -0.3 is 10.6 Å². The van der Waals surface area contributed by atoms with Gasteiger partial charge in [0.25, 0.3) is 0 Å². The second-order valence-electron chi connectivity index (χ2n) is 6.80. The maximum atomic E-state index is 12.5. The molecule has 1 heterocycles. The topological polar surface area (TPSA) is 41.1 Å². The molecule has 1 aliphatic heterocycles. The van der Waals surface area contributed by atoms with Crippen molar-refractivity contribution >= 4 is 5.91 Å². The summed E-state index contributed by atoms with van der Waals surface area (Å²) in [5.74, 6) is 1.80. The van der Waals surface area contributed by atoms with Gasteiger partial charge in [-0.1, -0.05) is 26.7 Å². The second-order valence-corrected chi connectivity index (χ2v) is 6.80. The van der Waals surface area contributed by atoms with Gasteiger partial charge in [0.05, 0.1) is 5.92 Å². The molecule has 0 radical (unpaired) electrons. The molecule has 2 aliphatic rings. The van der Waals surface area contributed by atoms with E-state index in [9.17, 15) is 4.79 Å². The van der Waals surface area contributed by atoms with Crippen molar-refractivity contribution in [1.82, 2.24) is 10.6 Å². The van der Waals surface area contributed by atoms with Crippen molar-refractivity contribution in [3.05, 3.63) is 0 Å². The van der Waals surface area contributed by atoms with E-state index in [4.69, 9.17) is 0 Å². The number of hydrogen-bond donors (Lipinski definition) is 2. The van der Waals surface area contributed by atoms with Gasteiger partial charge in [0.15, 0.2) is 0 Å². The smallest absolute Gasteiger partial charge is 0.224 e. The van der Waals surface area contributed by atoms with Crippen LogP contribution in [0.4, 0.5) is 0 Å². The summed E-state index contributed by atoms with van der Waals surface area (Å²) in [5.41, 5.74) is 0. The van der Waals surface area contributed by atoms with Crippen LogP contribution in [-0.2, 0) is 4.79 Å². The van der Waals surface area contributed by atoms with E-state index in [0.29, 0.717) is 23.9 Å². The van der Waals surface area contributed by atoms with E-state index >= 15 is 0 Å². The summed E-state index contributed by atoms with van der Waals surface area (Å²) in [6.07, 6.45) is 7.22. The minimum absolute atomic E-state index is 0.170. The molecule has 0 aromatic carbocycles. The molecule has 0 spiro atoms. The first-order chi connectivity index (χ1) is 9.09. The van der Waals surface area contributed by atoms with Crippen LogP contribution in [0.3, 0.4) is 0 Å². The van der Waals surface area contributed by atoms with E-state index in [1.165, 1.54) is 25.7 Å². The fourth-order valence-corrected chi connectivity index (χ4v) is 3.83. The average molecular weight is 266 g/mol. The zero-order valence-electron chi connectivity index (χ0n) is 12.7. The zero-order valence-corrected chi connectivity index (χ0v) is 12.7.